The van der Waals surface area contributed by atoms with Crippen molar-refractivity contribution in [3.05, 3.63) is 0 Å². The second-order valence-corrected chi connectivity index (χ2v) is 7.11. The second kappa shape index (κ2) is 6.99. The molecule has 1 atom stereocenters. The van der Waals surface area contributed by atoms with Crippen LogP contribution in [-0.2, 0) is 14.4 Å². The first kappa shape index (κ1) is 19.2. The Morgan fingerprint density at radius 1 is 1.36 bits per heavy atom. The predicted octanol–water partition coefficient (Wildman–Crippen LogP) is -0.171. The van der Waals surface area contributed by atoms with Crippen molar-refractivity contribution >= 4 is 23.8 Å². The van der Waals surface area contributed by atoms with Crippen molar-refractivity contribution in [2.45, 2.75) is 57.1 Å². The van der Waals surface area contributed by atoms with E-state index in [1.54, 1.807) is 0 Å². The minimum absolute atomic E-state index is 0.410. The van der Waals surface area contributed by atoms with Gasteiger partial charge in [-0.2, -0.15) is 0 Å². The summed E-state index contributed by atoms with van der Waals surface area (Å²) < 4.78 is 0. The van der Waals surface area contributed by atoms with E-state index in [1.807, 2.05) is 0 Å². The van der Waals surface area contributed by atoms with Crippen molar-refractivity contribution in [2.24, 2.45) is 5.92 Å². The van der Waals surface area contributed by atoms with E-state index in [4.69, 9.17) is 5.11 Å². The SMILES string of the molecule is CCC1CCC2(CC1)NC(=O)N(CC(=O)NCC(C)(O)C(=O)O)C2=O. The minimum atomic E-state index is -2.12. The molecule has 9 nitrogen and oxygen atoms in total. The van der Waals surface area contributed by atoms with Crippen LogP contribution < -0.4 is 10.6 Å². The van der Waals surface area contributed by atoms with E-state index in [1.165, 1.54) is 0 Å². The van der Waals surface area contributed by atoms with Gasteiger partial charge in [-0.1, -0.05) is 13.3 Å². The molecule has 1 unspecified atom stereocenters. The van der Waals surface area contributed by atoms with Crippen LogP contribution in [0, 0.1) is 5.92 Å². The third-order valence-electron chi connectivity index (χ3n) is 5.17. The van der Waals surface area contributed by atoms with E-state index in [0.717, 1.165) is 31.1 Å². The van der Waals surface area contributed by atoms with Gasteiger partial charge in [0.15, 0.2) is 5.60 Å². The molecule has 2 fully saturated rings. The van der Waals surface area contributed by atoms with E-state index in [9.17, 15) is 24.3 Å². The number of amides is 4. The number of rotatable bonds is 6. The van der Waals surface area contributed by atoms with Gasteiger partial charge in [-0.3, -0.25) is 14.5 Å². The number of carboxylic acids is 1. The van der Waals surface area contributed by atoms with E-state index >= 15 is 0 Å². The van der Waals surface area contributed by atoms with E-state index in [-0.39, 0.29) is 0 Å². The summed E-state index contributed by atoms with van der Waals surface area (Å²) >= 11 is 0. The molecule has 9 heteroatoms. The number of aliphatic hydroxyl groups is 1. The number of carboxylic acid groups (broad SMARTS) is 1. The van der Waals surface area contributed by atoms with Crippen LogP contribution in [0.1, 0.15) is 46.0 Å². The molecular weight excluding hydrogens is 330 g/mol. The standard InChI is InChI=1S/C16H25N3O6/c1-3-10-4-6-16(7-5-10)12(21)19(14(24)18-16)8-11(20)17-9-15(2,25)13(22)23/h10,25H,3-9H2,1-2H3,(H,17,20)(H,18,24)(H,22,23). The largest absolute Gasteiger partial charge is 0.479 e. The Hall–Kier alpha value is -2.16. The zero-order valence-corrected chi connectivity index (χ0v) is 14.5. The van der Waals surface area contributed by atoms with Crippen molar-refractivity contribution < 1.29 is 29.4 Å². The highest BCUT2D eigenvalue weighted by atomic mass is 16.4. The molecule has 4 amide bonds. The van der Waals surface area contributed by atoms with E-state index in [2.05, 4.69) is 17.6 Å². The van der Waals surface area contributed by atoms with Gasteiger partial charge in [-0.05, 0) is 38.5 Å². The van der Waals surface area contributed by atoms with Crippen molar-refractivity contribution in [1.82, 2.24) is 15.5 Å². The van der Waals surface area contributed by atoms with Gasteiger partial charge in [0.05, 0.1) is 6.54 Å². The first-order valence-electron chi connectivity index (χ1n) is 8.48. The second-order valence-electron chi connectivity index (χ2n) is 7.11. The number of hydrogen-bond acceptors (Lipinski definition) is 5. The van der Waals surface area contributed by atoms with Crippen LogP contribution in [0.4, 0.5) is 4.79 Å². The summed E-state index contributed by atoms with van der Waals surface area (Å²) in [6.45, 7) is 2.12. The summed E-state index contributed by atoms with van der Waals surface area (Å²) in [7, 11) is 0. The summed E-state index contributed by atoms with van der Waals surface area (Å²) in [6.07, 6.45) is 3.85. The molecule has 1 saturated heterocycles. The van der Waals surface area contributed by atoms with Gasteiger partial charge in [0, 0.05) is 0 Å². The molecule has 4 N–H and O–H groups in total. The molecule has 0 radical (unpaired) electrons. The maximum Gasteiger partial charge on any atom is 0.337 e. The van der Waals surface area contributed by atoms with E-state index < -0.39 is 48.0 Å². The van der Waals surface area contributed by atoms with Crippen molar-refractivity contribution in [2.75, 3.05) is 13.1 Å². The lowest BCUT2D eigenvalue weighted by atomic mass is 9.75. The van der Waals surface area contributed by atoms with Crippen molar-refractivity contribution in [1.29, 1.82) is 0 Å². The molecule has 1 aliphatic carbocycles. The average Bonchev–Trinajstić information content (AvgIpc) is 2.78. The maximum absolute atomic E-state index is 12.7. The summed E-state index contributed by atoms with van der Waals surface area (Å²) in [5, 5.41) is 23.3. The first-order chi connectivity index (χ1) is 11.6. The van der Waals surface area contributed by atoms with Gasteiger partial charge in [-0.25, -0.2) is 9.59 Å². The smallest absolute Gasteiger partial charge is 0.337 e. The van der Waals surface area contributed by atoms with Crippen molar-refractivity contribution in [3.8, 4) is 0 Å². The molecule has 2 rings (SSSR count). The van der Waals surface area contributed by atoms with Gasteiger partial charge >= 0.3 is 12.0 Å². The maximum atomic E-state index is 12.7. The molecule has 2 aliphatic rings. The molecule has 25 heavy (non-hydrogen) atoms. The number of imide groups is 1. The van der Waals surface area contributed by atoms with Gasteiger partial charge in [0.25, 0.3) is 5.91 Å². The van der Waals surface area contributed by atoms with Crippen LogP contribution in [0.15, 0.2) is 0 Å². The number of aliphatic carboxylic acids is 1. The Kier molecular flexibility index (Phi) is 5.36. The molecule has 0 aromatic heterocycles. The normalized spacial score (nSPS) is 28.6. The summed E-state index contributed by atoms with van der Waals surface area (Å²) in [6, 6.07) is -0.611. The third-order valence-corrected chi connectivity index (χ3v) is 5.17. The summed E-state index contributed by atoms with van der Waals surface area (Å²) in [4.78, 5) is 48.4. The lowest BCUT2D eigenvalue weighted by molar-refractivity contribution is -0.156. The Labute approximate surface area is 145 Å². The highest BCUT2D eigenvalue weighted by Crippen LogP contribution is 2.37. The molecule has 1 aliphatic heterocycles. The van der Waals surface area contributed by atoms with Gasteiger partial charge in [0.1, 0.15) is 12.1 Å². The Bertz CT molecular complexity index is 580. The monoisotopic (exact) mass is 355 g/mol. The summed E-state index contributed by atoms with van der Waals surface area (Å²) in [5.41, 5.74) is -3.04. The highest BCUT2D eigenvalue weighted by Gasteiger charge is 2.52. The van der Waals surface area contributed by atoms with Gasteiger partial charge < -0.3 is 20.8 Å². The van der Waals surface area contributed by atoms with Crippen molar-refractivity contribution in [3.63, 3.8) is 0 Å². The fraction of sp³-hybridized carbons (Fsp3) is 0.750. The Morgan fingerprint density at radius 2 is 1.96 bits per heavy atom. The van der Waals surface area contributed by atoms with Gasteiger partial charge in [-0.15, -0.1) is 0 Å². The number of nitrogens with zero attached hydrogens (tertiary/aromatic N) is 1. The molecule has 0 bridgehead atoms. The third kappa shape index (κ3) is 3.92. The molecule has 140 valence electrons. The molecule has 1 heterocycles. The van der Waals surface area contributed by atoms with Gasteiger partial charge in [0.2, 0.25) is 5.91 Å². The van der Waals surface area contributed by atoms with Crippen LogP contribution >= 0.6 is 0 Å². The van der Waals surface area contributed by atoms with Crippen LogP contribution in [-0.4, -0.2) is 63.2 Å². The van der Waals surface area contributed by atoms with E-state index in [0.29, 0.717) is 18.8 Å². The van der Waals surface area contributed by atoms with Crippen LogP contribution in [0.5, 0.6) is 0 Å². The molecule has 1 saturated carbocycles. The molecule has 0 aromatic carbocycles. The molecular formula is C16H25N3O6. The Balaban J connectivity index is 1.94. The topological polar surface area (TPSA) is 136 Å². The quantitative estimate of drug-likeness (QED) is 0.488. The highest BCUT2D eigenvalue weighted by molar-refractivity contribution is 6.09. The lowest BCUT2D eigenvalue weighted by Crippen LogP contribution is -2.51. The Morgan fingerprint density at radius 3 is 2.48 bits per heavy atom. The number of carbonyl (C=O) groups is 4. The average molecular weight is 355 g/mol. The molecule has 0 aromatic rings. The fourth-order valence-corrected chi connectivity index (χ4v) is 3.28. The zero-order valence-electron chi connectivity index (χ0n) is 14.5. The summed E-state index contributed by atoms with van der Waals surface area (Å²) in [5.74, 6) is -2.04. The van der Waals surface area contributed by atoms with Crippen LogP contribution in [0.2, 0.25) is 0 Å². The number of carbonyl (C=O) groups excluding carboxylic acids is 3. The fourth-order valence-electron chi connectivity index (χ4n) is 3.28. The number of urea groups is 1. The lowest BCUT2D eigenvalue weighted by Gasteiger charge is -2.34. The van der Waals surface area contributed by atoms with Crippen LogP contribution in [0.3, 0.4) is 0 Å². The predicted molar refractivity (Wildman–Crippen MR) is 86.5 cm³/mol. The zero-order chi connectivity index (χ0) is 18.8. The molecule has 1 spiro atoms. The first-order valence-corrected chi connectivity index (χ1v) is 8.48. The van der Waals surface area contributed by atoms with Crippen LogP contribution in [0.25, 0.3) is 0 Å². The number of hydrogen-bond donors (Lipinski definition) is 4. The number of nitrogens with one attached hydrogen (secondary N) is 2. The minimum Gasteiger partial charge on any atom is -0.479 e.